The van der Waals surface area contributed by atoms with Gasteiger partial charge in [-0.25, -0.2) is 0 Å². The monoisotopic (exact) mass is 466 g/mol. The molecule has 1 aromatic heterocycles. The molecule has 6 nitrogen and oxygen atoms in total. The predicted molar refractivity (Wildman–Crippen MR) is 136 cm³/mol. The number of hydrogen-bond donors (Lipinski definition) is 2. The number of aliphatic hydroxyl groups excluding tert-OH is 1. The molecule has 1 atom stereocenters. The van der Waals surface area contributed by atoms with Gasteiger partial charge in [0, 0.05) is 33.9 Å². The van der Waals surface area contributed by atoms with E-state index in [9.17, 15) is 14.7 Å². The number of rotatable bonds is 6. The number of aromatic amines is 1. The Morgan fingerprint density at radius 1 is 1.00 bits per heavy atom. The average Bonchev–Trinajstić information content (AvgIpc) is 3.41. The first kappa shape index (κ1) is 22.5. The van der Waals surface area contributed by atoms with E-state index in [1.807, 2.05) is 62.4 Å². The summed E-state index contributed by atoms with van der Waals surface area (Å²) in [5, 5.41) is 12.3. The Hall–Kier alpha value is -4.32. The highest BCUT2D eigenvalue weighted by atomic mass is 16.5. The fraction of sp³-hybridized carbons (Fsp3) is 0.172. The van der Waals surface area contributed by atoms with Crippen molar-refractivity contribution in [3.8, 4) is 5.75 Å². The van der Waals surface area contributed by atoms with Crippen LogP contribution in [0.15, 0.2) is 84.6 Å². The van der Waals surface area contributed by atoms with E-state index in [0.29, 0.717) is 23.6 Å². The lowest BCUT2D eigenvalue weighted by atomic mass is 9.94. The van der Waals surface area contributed by atoms with Gasteiger partial charge in [0.2, 0.25) is 0 Å². The fourth-order valence-electron chi connectivity index (χ4n) is 4.61. The molecule has 6 heteroatoms. The van der Waals surface area contributed by atoms with E-state index in [4.69, 9.17) is 4.74 Å². The largest absolute Gasteiger partial charge is 0.507 e. The Kier molecular flexibility index (Phi) is 5.87. The van der Waals surface area contributed by atoms with E-state index < -0.39 is 17.7 Å². The Morgan fingerprint density at radius 3 is 2.46 bits per heavy atom. The molecule has 1 amide bonds. The Balaban J connectivity index is 1.70. The summed E-state index contributed by atoms with van der Waals surface area (Å²) in [4.78, 5) is 31.6. The van der Waals surface area contributed by atoms with E-state index in [-0.39, 0.29) is 11.3 Å². The molecule has 3 aromatic carbocycles. The number of aliphatic hydroxyl groups is 1. The van der Waals surface area contributed by atoms with Gasteiger partial charge in [-0.2, -0.15) is 0 Å². The number of fused-ring (bicyclic) bond motifs is 1. The van der Waals surface area contributed by atoms with Gasteiger partial charge in [0.15, 0.2) is 0 Å². The SMILES string of the molecule is CCCOc1ccc(/C(O)=C2\C(=O)C(=O)N(c3ccccc3C)C2c2c[nH]c3ccccc23)cc1. The molecule has 2 N–H and O–H groups in total. The van der Waals surface area contributed by atoms with E-state index >= 15 is 0 Å². The number of aryl methyl sites for hydroxylation is 1. The van der Waals surface area contributed by atoms with Crippen LogP contribution in [-0.4, -0.2) is 28.4 Å². The summed E-state index contributed by atoms with van der Waals surface area (Å²) in [6.07, 6.45) is 2.69. The zero-order valence-electron chi connectivity index (χ0n) is 19.6. The minimum atomic E-state index is -0.789. The van der Waals surface area contributed by atoms with Gasteiger partial charge in [0.05, 0.1) is 18.2 Å². The Labute approximate surface area is 203 Å². The minimum absolute atomic E-state index is 0.0604. The first-order chi connectivity index (χ1) is 17.0. The molecule has 2 heterocycles. The lowest BCUT2D eigenvalue weighted by molar-refractivity contribution is -0.132. The number of nitrogens with zero attached hydrogens (tertiary/aromatic N) is 1. The molecule has 5 rings (SSSR count). The van der Waals surface area contributed by atoms with Crippen LogP contribution in [0.5, 0.6) is 5.75 Å². The molecule has 1 aliphatic rings. The van der Waals surface area contributed by atoms with Gasteiger partial charge in [-0.15, -0.1) is 0 Å². The summed E-state index contributed by atoms with van der Waals surface area (Å²) in [7, 11) is 0. The third-order valence-electron chi connectivity index (χ3n) is 6.34. The lowest BCUT2D eigenvalue weighted by Crippen LogP contribution is -2.30. The van der Waals surface area contributed by atoms with E-state index in [0.717, 1.165) is 28.5 Å². The number of amides is 1. The smallest absolute Gasteiger partial charge is 0.300 e. The molecule has 1 unspecified atom stereocenters. The Bertz CT molecular complexity index is 1450. The van der Waals surface area contributed by atoms with Crippen molar-refractivity contribution in [2.45, 2.75) is 26.3 Å². The molecule has 1 fully saturated rings. The van der Waals surface area contributed by atoms with E-state index in [2.05, 4.69) is 4.98 Å². The zero-order chi connectivity index (χ0) is 24.5. The van der Waals surface area contributed by atoms with Gasteiger partial charge in [-0.1, -0.05) is 43.3 Å². The van der Waals surface area contributed by atoms with Gasteiger partial charge >= 0.3 is 0 Å². The minimum Gasteiger partial charge on any atom is -0.507 e. The third kappa shape index (κ3) is 3.87. The number of para-hydroxylation sites is 2. The number of Topliss-reactive ketones (excluding diaryl/α,β-unsaturated/α-hetero) is 1. The highest BCUT2D eigenvalue weighted by Crippen LogP contribution is 2.45. The molecule has 35 heavy (non-hydrogen) atoms. The predicted octanol–water partition coefficient (Wildman–Crippen LogP) is 5.89. The van der Waals surface area contributed by atoms with Crippen molar-refractivity contribution in [2.75, 3.05) is 11.5 Å². The first-order valence-electron chi connectivity index (χ1n) is 11.7. The van der Waals surface area contributed by atoms with E-state index in [1.54, 1.807) is 30.5 Å². The van der Waals surface area contributed by atoms with Crippen molar-refractivity contribution in [2.24, 2.45) is 0 Å². The summed E-state index contributed by atoms with van der Waals surface area (Å²) in [6.45, 7) is 4.52. The van der Waals surface area contributed by atoms with Gasteiger partial charge in [0.25, 0.3) is 11.7 Å². The standard InChI is InChI=1S/C29H26N2O4/c1-3-16-35-20-14-12-19(13-15-20)27(32)25-26(22-17-30-23-10-6-5-9-21(22)23)31(29(34)28(25)33)24-11-7-4-8-18(24)2/h4-15,17,26,30,32H,3,16H2,1-2H3/b27-25+. The van der Waals surface area contributed by atoms with Gasteiger partial charge < -0.3 is 14.8 Å². The summed E-state index contributed by atoms with van der Waals surface area (Å²) in [6, 6.07) is 21.3. The van der Waals surface area contributed by atoms with Gasteiger partial charge in [-0.3, -0.25) is 14.5 Å². The molecule has 0 spiro atoms. The van der Waals surface area contributed by atoms with Crippen LogP contribution in [0, 0.1) is 6.92 Å². The Morgan fingerprint density at radius 2 is 1.71 bits per heavy atom. The highest BCUT2D eigenvalue weighted by molar-refractivity contribution is 6.52. The molecular weight excluding hydrogens is 440 g/mol. The number of hydrogen-bond acceptors (Lipinski definition) is 4. The summed E-state index contributed by atoms with van der Waals surface area (Å²) >= 11 is 0. The molecule has 0 bridgehead atoms. The molecule has 1 saturated heterocycles. The topological polar surface area (TPSA) is 82.6 Å². The van der Waals surface area contributed by atoms with Crippen LogP contribution in [0.3, 0.4) is 0 Å². The van der Waals surface area contributed by atoms with Crippen LogP contribution < -0.4 is 9.64 Å². The molecule has 0 aliphatic carbocycles. The molecular formula is C29H26N2O4. The second-order valence-corrected chi connectivity index (χ2v) is 8.62. The number of ether oxygens (including phenoxy) is 1. The maximum Gasteiger partial charge on any atom is 0.300 e. The maximum absolute atomic E-state index is 13.4. The summed E-state index contributed by atoms with van der Waals surface area (Å²) < 4.78 is 5.64. The number of ketones is 1. The summed E-state index contributed by atoms with van der Waals surface area (Å²) in [5.41, 5.74) is 3.62. The van der Waals surface area contributed by atoms with Gasteiger partial charge in [-0.05, 0) is 55.3 Å². The number of carbonyl (C=O) groups excluding carboxylic acids is 2. The maximum atomic E-state index is 13.4. The second kappa shape index (κ2) is 9.14. The van der Waals surface area contributed by atoms with Crippen LogP contribution in [0.4, 0.5) is 5.69 Å². The van der Waals surface area contributed by atoms with Crippen LogP contribution in [0.2, 0.25) is 0 Å². The van der Waals surface area contributed by atoms with Crippen molar-refractivity contribution in [3.63, 3.8) is 0 Å². The van der Waals surface area contributed by atoms with Crippen molar-refractivity contribution in [1.82, 2.24) is 4.98 Å². The van der Waals surface area contributed by atoms with Crippen molar-refractivity contribution in [3.05, 3.63) is 101 Å². The molecule has 0 radical (unpaired) electrons. The molecule has 4 aromatic rings. The zero-order valence-corrected chi connectivity index (χ0v) is 19.6. The average molecular weight is 467 g/mol. The van der Waals surface area contributed by atoms with Crippen LogP contribution in [0.1, 0.15) is 36.1 Å². The van der Waals surface area contributed by atoms with Crippen LogP contribution in [0.25, 0.3) is 16.7 Å². The molecule has 0 saturated carbocycles. The highest BCUT2D eigenvalue weighted by Gasteiger charge is 2.48. The first-order valence-corrected chi connectivity index (χ1v) is 11.7. The van der Waals surface area contributed by atoms with E-state index in [1.165, 1.54) is 4.90 Å². The number of benzene rings is 3. The molecule has 176 valence electrons. The fourth-order valence-corrected chi connectivity index (χ4v) is 4.61. The van der Waals surface area contributed by atoms with Crippen molar-refractivity contribution < 1.29 is 19.4 Å². The quantitative estimate of drug-likeness (QED) is 0.211. The number of carbonyl (C=O) groups is 2. The second-order valence-electron chi connectivity index (χ2n) is 8.62. The number of H-pyrrole nitrogens is 1. The third-order valence-corrected chi connectivity index (χ3v) is 6.34. The van der Waals surface area contributed by atoms with Crippen molar-refractivity contribution >= 4 is 34.0 Å². The molecule has 1 aliphatic heterocycles. The number of anilines is 1. The summed E-state index contributed by atoms with van der Waals surface area (Å²) in [5.74, 6) is -0.917. The van der Waals surface area contributed by atoms with Gasteiger partial charge in [0.1, 0.15) is 11.5 Å². The number of aromatic nitrogens is 1. The normalized spacial score (nSPS) is 17.3. The number of nitrogens with one attached hydrogen (secondary N) is 1. The lowest BCUT2D eigenvalue weighted by Gasteiger charge is -2.26. The van der Waals surface area contributed by atoms with Crippen LogP contribution >= 0.6 is 0 Å². The van der Waals surface area contributed by atoms with Crippen LogP contribution in [-0.2, 0) is 9.59 Å². The van der Waals surface area contributed by atoms with Crippen molar-refractivity contribution in [1.29, 1.82) is 0 Å².